The lowest BCUT2D eigenvalue weighted by Gasteiger charge is -2.12. The summed E-state index contributed by atoms with van der Waals surface area (Å²) in [6.07, 6.45) is 3.32. The van der Waals surface area contributed by atoms with Crippen molar-refractivity contribution in [3.05, 3.63) is 58.6 Å². The van der Waals surface area contributed by atoms with Crippen LogP contribution in [-0.2, 0) is 11.2 Å². The number of carboxylic acid groups (broad SMARTS) is 1. The molecular formula is C13H11BrN2O2. The molecular weight excluding hydrogens is 296 g/mol. The number of carboxylic acids is 1. The van der Waals surface area contributed by atoms with Crippen LogP contribution in [0, 0.1) is 0 Å². The Morgan fingerprint density at radius 1 is 1.33 bits per heavy atom. The summed E-state index contributed by atoms with van der Waals surface area (Å²) in [7, 11) is 0. The minimum Gasteiger partial charge on any atom is -0.481 e. The van der Waals surface area contributed by atoms with E-state index in [1.807, 2.05) is 24.3 Å². The summed E-state index contributed by atoms with van der Waals surface area (Å²) in [5, 5.41) is 9.30. The Labute approximate surface area is 113 Å². The first-order valence-electron chi connectivity index (χ1n) is 5.40. The van der Waals surface area contributed by atoms with E-state index in [1.165, 1.54) is 6.33 Å². The fourth-order valence-electron chi connectivity index (χ4n) is 1.71. The Hall–Kier alpha value is -1.75. The minimum absolute atomic E-state index is 0.397. The van der Waals surface area contributed by atoms with Crippen molar-refractivity contribution >= 4 is 21.9 Å². The summed E-state index contributed by atoms with van der Waals surface area (Å²) in [5.74, 6) is -1.55. The van der Waals surface area contributed by atoms with Gasteiger partial charge in [-0.25, -0.2) is 9.97 Å². The molecule has 18 heavy (non-hydrogen) atoms. The molecule has 0 spiro atoms. The van der Waals surface area contributed by atoms with E-state index in [4.69, 9.17) is 0 Å². The lowest BCUT2D eigenvalue weighted by molar-refractivity contribution is -0.138. The molecule has 0 bridgehead atoms. The van der Waals surface area contributed by atoms with E-state index in [2.05, 4.69) is 25.9 Å². The Morgan fingerprint density at radius 3 is 2.72 bits per heavy atom. The van der Waals surface area contributed by atoms with E-state index in [1.54, 1.807) is 12.3 Å². The lowest BCUT2D eigenvalue weighted by atomic mass is 9.96. The molecule has 0 aliphatic rings. The van der Waals surface area contributed by atoms with Crippen LogP contribution in [0.4, 0.5) is 0 Å². The van der Waals surface area contributed by atoms with E-state index in [9.17, 15) is 9.90 Å². The van der Waals surface area contributed by atoms with E-state index in [0.29, 0.717) is 12.1 Å². The van der Waals surface area contributed by atoms with Gasteiger partial charge in [0.05, 0.1) is 5.69 Å². The molecule has 1 N–H and O–H groups in total. The smallest absolute Gasteiger partial charge is 0.312 e. The standard InChI is InChI=1S/C13H11BrN2O2/c14-11-4-2-1-3-9(11)7-10(13(17)18)12-5-6-15-8-16-12/h1-6,8,10H,7H2,(H,17,18). The average molecular weight is 307 g/mol. The van der Waals surface area contributed by atoms with Crippen LogP contribution in [0.15, 0.2) is 47.3 Å². The predicted octanol–water partition coefficient (Wildman–Crippen LogP) is 2.65. The van der Waals surface area contributed by atoms with Gasteiger partial charge < -0.3 is 5.11 Å². The van der Waals surface area contributed by atoms with Crippen LogP contribution < -0.4 is 0 Å². The van der Waals surface area contributed by atoms with Crippen molar-refractivity contribution in [2.24, 2.45) is 0 Å². The second-order valence-corrected chi connectivity index (χ2v) is 4.67. The Bertz CT molecular complexity index is 546. The highest BCUT2D eigenvalue weighted by atomic mass is 79.9. The largest absolute Gasteiger partial charge is 0.481 e. The first kappa shape index (κ1) is 12.7. The zero-order chi connectivity index (χ0) is 13.0. The first-order valence-corrected chi connectivity index (χ1v) is 6.20. The summed E-state index contributed by atoms with van der Waals surface area (Å²) in [4.78, 5) is 19.2. The maximum atomic E-state index is 11.3. The highest BCUT2D eigenvalue weighted by Crippen LogP contribution is 2.24. The SMILES string of the molecule is O=C(O)C(Cc1ccccc1Br)c1ccncn1. The fourth-order valence-corrected chi connectivity index (χ4v) is 2.16. The number of aliphatic carboxylic acids is 1. The van der Waals surface area contributed by atoms with Crippen LogP contribution >= 0.6 is 15.9 Å². The minimum atomic E-state index is -0.885. The molecule has 4 nitrogen and oxygen atoms in total. The van der Waals surface area contributed by atoms with E-state index in [-0.39, 0.29) is 0 Å². The molecule has 92 valence electrons. The molecule has 5 heteroatoms. The maximum Gasteiger partial charge on any atom is 0.312 e. The van der Waals surface area contributed by atoms with Crippen LogP contribution in [0.1, 0.15) is 17.2 Å². The summed E-state index contributed by atoms with van der Waals surface area (Å²) >= 11 is 3.42. The molecule has 0 aliphatic carbocycles. The molecule has 0 fully saturated rings. The predicted molar refractivity (Wildman–Crippen MR) is 70.3 cm³/mol. The fraction of sp³-hybridized carbons (Fsp3) is 0.154. The van der Waals surface area contributed by atoms with Crippen molar-refractivity contribution in [3.8, 4) is 0 Å². The zero-order valence-corrected chi connectivity index (χ0v) is 11.0. The topological polar surface area (TPSA) is 63.1 Å². The van der Waals surface area contributed by atoms with Crippen molar-refractivity contribution < 1.29 is 9.90 Å². The van der Waals surface area contributed by atoms with Gasteiger partial charge in [0.15, 0.2) is 0 Å². The quantitative estimate of drug-likeness (QED) is 0.943. The van der Waals surface area contributed by atoms with Gasteiger partial charge in [0.1, 0.15) is 12.2 Å². The van der Waals surface area contributed by atoms with Gasteiger partial charge >= 0.3 is 5.97 Å². The Balaban J connectivity index is 2.28. The highest BCUT2D eigenvalue weighted by Gasteiger charge is 2.22. The number of benzene rings is 1. The zero-order valence-electron chi connectivity index (χ0n) is 9.45. The van der Waals surface area contributed by atoms with Gasteiger partial charge in [-0.05, 0) is 24.1 Å². The van der Waals surface area contributed by atoms with Crippen LogP contribution in [-0.4, -0.2) is 21.0 Å². The van der Waals surface area contributed by atoms with Gasteiger partial charge in [-0.3, -0.25) is 4.79 Å². The van der Waals surface area contributed by atoms with Crippen molar-refractivity contribution in [2.45, 2.75) is 12.3 Å². The average Bonchev–Trinajstić information content (AvgIpc) is 2.38. The molecule has 1 aromatic carbocycles. The monoisotopic (exact) mass is 306 g/mol. The number of halogens is 1. The van der Waals surface area contributed by atoms with Gasteiger partial charge in [-0.2, -0.15) is 0 Å². The molecule has 1 heterocycles. The molecule has 0 amide bonds. The summed E-state index contributed by atoms with van der Waals surface area (Å²) in [6, 6.07) is 9.22. The molecule has 1 unspecified atom stereocenters. The van der Waals surface area contributed by atoms with Crippen molar-refractivity contribution in [2.75, 3.05) is 0 Å². The summed E-state index contributed by atoms with van der Waals surface area (Å²) in [6.45, 7) is 0. The van der Waals surface area contributed by atoms with Gasteiger partial charge in [-0.15, -0.1) is 0 Å². The second-order valence-electron chi connectivity index (χ2n) is 3.82. The third-order valence-electron chi connectivity index (χ3n) is 2.64. The molecule has 0 saturated carbocycles. The van der Waals surface area contributed by atoms with Gasteiger partial charge in [0.25, 0.3) is 0 Å². The van der Waals surface area contributed by atoms with Gasteiger partial charge in [0, 0.05) is 10.7 Å². The van der Waals surface area contributed by atoms with Crippen molar-refractivity contribution in [1.29, 1.82) is 0 Å². The van der Waals surface area contributed by atoms with Crippen LogP contribution in [0.5, 0.6) is 0 Å². The number of carbonyl (C=O) groups is 1. The van der Waals surface area contributed by atoms with Crippen LogP contribution in [0.25, 0.3) is 0 Å². The molecule has 0 saturated heterocycles. The molecule has 0 radical (unpaired) electrons. The van der Waals surface area contributed by atoms with E-state index in [0.717, 1.165) is 10.0 Å². The van der Waals surface area contributed by atoms with E-state index >= 15 is 0 Å². The maximum absolute atomic E-state index is 11.3. The third kappa shape index (κ3) is 2.92. The first-order chi connectivity index (χ1) is 8.68. The Morgan fingerprint density at radius 2 is 2.11 bits per heavy atom. The second kappa shape index (κ2) is 5.73. The molecule has 2 aromatic rings. The molecule has 0 aliphatic heterocycles. The Kier molecular flexibility index (Phi) is 4.04. The molecule has 1 aromatic heterocycles. The lowest BCUT2D eigenvalue weighted by Crippen LogP contribution is -2.16. The number of rotatable bonds is 4. The number of aromatic nitrogens is 2. The van der Waals surface area contributed by atoms with Crippen LogP contribution in [0.2, 0.25) is 0 Å². The highest BCUT2D eigenvalue weighted by molar-refractivity contribution is 9.10. The van der Waals surface area contributed by atoms with Crippen LogP contribution in [0.3, 0.4) is 0 Å². The third-order valence-corrected chi connectivity index (χ3v) is 3.42. The summed E-state index contributed by atoms with van der Waals surface area (Å²) < 4.78 is 0.908. The molecule has 1 atom stereocenters. The molecule has 2 rings (SSSR count). The van der Waals surface area contributed by atoms with Crippen molar-refractivity contribution in [1.82, 2.24) is 9.97 Å². The number of nitrogens with zero attached hydrogens (tertiary/aromatic N) is 2. The number of hydrogen-bond acceptors (Lipinski definition) is 3. The van der Waals surface area contributed by atoms with Crippen molar-refractivity contribution in [3.63, 3.8) is 0 Å². The van der Waals surface area contributed by atoms with Gasteiger partial charge in [0.2, 0.25) is 0 Å². The van der Waals surface area contributed by atoms with E-state index < -0.39 is 11.9 Å². The number of hydrogen-bond donors (Lipinski definition) is 1. The summed E-state index contributed by atoms with van der Waals surface area (Å²) in [5.41, 5.74) is 1.47. The normalized spacial score (nSPS) is 12.1. The van der Waals surface area contributed by atoms with Gasteiger partial charge in [-0.1, -0.05) is 34.1 Å².